The lowest BCUT2D eigenvalue weighted by Gasteiger charge is -2.18. The third-order valence-electron chi connectivity index (χ3n) is 3.78. The number of nitrogens with zero attached hydrogens (tertiary/aromatic N) is 1. The number of nitriles is 1. The van der Waals surface area contributed by atoms with Crippen molar-refractivity contribution in [1.82, 2.24) is 0 Å². The van der Waals surface area contributed by atoms with Crippen LogP contribution < -0.4 is 9.47 Å². The van der Waals surface area contributed by atoms with Crippen LogP contribution in [0.3, 0.4) is 0 Å². The minimum absolute atomic E-state index is 0.0210. The van der Waals surface area contributed by atoms with E-state index in [1.165, 1.54) is 12.8 Å². The molecule has 3 nitrogen and oxygen atoms in total. The standard InChI is InChI=1S/C15H19NO2/c1-17-14-8-7-12(9-15(14)18-2)13(10-16)11-5-3-4-6-11/h7-9,11,13H,3-6H2,1-2H3. The Kier molecular flexibility index (Phi) is 4.09. The van der Waals surface area contributed by atoms with Gasteiger partial charge in [0.2, 0.25) is 0 Å². The number of hydrogen-bond donors (Lipinski definition) is 0. The Hall–Kier alpha value is -1.69. The topological polar surface area (TPSA) is 42.2 Å². The van der Waals surface area contributed by atoms with Crippen LogP contribution in [0.2, 0.25) is 0 Å². The van der Waals surface area contributed by atoms with Crippen LogP contribution in [0, 0.1) is 17.2 Å². The van der Waals surface area contributed by atoms with Crippen molar-refractivity contribution in [3.8, 4) is 17.6 Å². The summed E-state index contributed by atoms with van der Waals surface area (Å²) in [4.78, 5) is 0. The molecule has 0 amide bonds. The Morgan fingerprint density at radius 2 is 1.83 bits per heavy atom. The highest BCUT2D eigenvalue weighted by Crippen LogP contribution is 2.39. The highest BCUT2D eigenvalue weighted by Gasteiger charge is 2.26. The number of benzene rings is 1. The van der Waals surface area contributed by atoms with Crippen molar-refractivity contribution in [2.24, 2.45) is 5.92 Å². The van der Waals surface area contributed by atoms with E-state index in [1.54, 1.807) is 14.2 Å². The van der Waals surface area contributed by atoms with Crippen LogP contribution in [0.1, 0.15) is 37.2 Å². The van der Waals surface area contributed by atoms with Gasteiger partial charge in [-0.3, -0.25) is 0 Å². The molecule has 0 bridgehead atoms. The van der Waals surface area contributed by atoms with Gasteiger partial charge in [0.1, 0.15) is 0 Å². The number of ether oxygens (including phenoxy) is 2. The zero-order valence-corrected chi connectivity index (χ0v) is 11.0. The molecule has 0 aliphatic heterocycles. The van der Waals surface area contributed by atoms with Gasteiger partial charge in [-0.05, 0) is 36.5 Å². The largest absolute Gasteiger partial charge is 0.493 e. The highest BCUT2D eigenvalue weighted by molar-refractivity contribution is 5.45. The molecule has 1 aromatic carbocycles. The molecule has 1 unspecified atom stereocenters. The molecule has 1 fully saturated rings. The second-order valence-electron chi connectivity index (χ2n) is 4.77. The van der Waals surface area contributed by atoms with E-state index in [-0.39, 0.29) is 5.92 Å². The van der Waals surface area contributed by atoms with Gasteiger partial charge in [0, 0.05) is 0 Å². The van der Waals surface area contributed by atoms with Gasteiger partial charge in [0.05, 0.1) is 26.2 Å². The van der Waals surface area contributed by atoms with Crippen molar-refractivity contribution in [2.45, 2.75) is 31.6 Å². The lowest BCUT2D eigenvalue weighted by Crippen LogP contribution is -2.08. The molecule has 0 saturated heterocycles. The molecule has 1 aliphatic rings. The fraction of sp³-hybridized carbons (Fsp3) is 0.533. The van der Waals surface area contributed by atoms with Gasteiger partial charge in [-0.1, -0.05) is 18.9 Å². The number of rotatable bonds is 4. The molecular formula is C15H19NO2. The van der Waals surface area contributed by atoms with E-state index in [2.05, 4.69) is 6.07 Å². The molecule has 3 heteroatoms. The molecule has 2 rings (SSSR count). The van der Waals surface area contributed by atoms with Crippen LogP contribution in [0.25, 0.3) is 0 Å². The zero-order valence-electron chi connectivity index (χ0n) is 11.0. The maximum Gasteiger partial charge on any atom is 0.161 e. The second kappa shape index (κ2) is 5.77. The highest BCUT2D eigenvalue weighted by atomic mass is 16.5. The molecule has 1 aliphatic carbocycles. The molecule has 0 aromatic heterocycles. The van der Waals surface area contributed by atoms with Crippen molar-refractivity contribution in [1.29, 1.82) is 5.26 Å². The molecular weight excluding hydrogens is 226 g/mol. The summed E-state index contributed by atoms with van der Waals surface area (Å²) in [7, 11) is 3.24. The monoisotopic (exact) mass is 245 g/mol. The summed E-state index contributed by atoms with van der Waals surface area (Å²) < 4.78 is 10.5. The maximum absolute atomic E-state index is 9.41. The van der Waals surface area contributed by atoms with Crippen molar-refractivity contribution in [3.63, 3.8) is 0 Å². The maximum atomic E-state index is 9.41. The van der Waals surface area contributed by atoms with Gasteiger partial charge < -0.3 is 9.47 Å². The van der Waals surface area contributed by atoms with Crippen LogP contribution >= 0.6 is 0 Å². The van der Waals surface area contributed by atoms with E-state index in [4.69, 9.17) is 9.47 Å². The summed E-state index contributed by atoms with van der Waals surface area (Å²) in [6.45, 7) is 0. The van der Waals surface area contributed by atoms with E-state index >= 15 is 0 Å². The Bertz CT molecular complexity index is 444. The lowest BCUT2D eigenvalue weighted by atomic mass is 9.86. The molecule has 96 valence electrons. The first-order chi connectivity index (χ1) is 8.80. The normalized spacial score (nSPS) is 17.2. The SMILES string of the molecule is COc1ccc(C(C#N)C2CCCC2)cc1OC. The van der Waals surface area contributed by atoms with Crippen molar-refractivity contribution in [3.05, 3.63) is 23.8 Å². The molecule has 0 radical (unpaired) electrons. The fourth-order valence-electron chi connectivity index (χ4n) is 2.79. The van der Waals surface area contributed by atoms with Gasteiger partial charge in [-0.25, -0.2) is 0 Å². The molecule has 18 heavy (non-hydrogen) atoms. The molecule has 0 N–H and O–H groups in total. The summed E-state index contributed by atoms with van der Waals surface area (Å²) in [5, 5.41) is 9.41. The van der Waals surface area contributed by atoms with Crippen LogP contribution in [0.5, 0.6) is 11.5 Å². The Labute approximate surface area is 108 Å². The van der Waals surface area contributed by atoms with E-state index in [9.17, 15) is 5.26 Å². The van der Waals surface area contributed by atoms with Crippen LogP contribution in [0.4, 0.5) is 0 Å². The minimum Gasteiger partial charge on any atom is -0.493 e. The average Bonchev–Trinajstić information content (AvgIpc) is 2.93. The Morgan fingerprint density at radius 1 is 1.17 bits per heavy atom. The Morgan fingerprint density at radius 3 is 2.39 bits per heavy atom. The molecule has 1 aromatic rings. The molecule has 1 atom stereocenters. The predicted octanol–water partition coefficient (Wildman–Crippen LogP) is 3.50. The first kappa shape index (κ1) is 12.8. The number of hydrogen-bond acceptors (Lipinski definition) is 3. The van der Waals surface area contributed by atoms with E-state index in [0.29, 0.717) is 17.4 Å². The summed E-state index contributed by atoms with van der Waals surface area (Å²) in [6.07, 6.45) is 4.81. The van der Waals surface area contributed by atoms with Crippen molar-refractivity contribution >= 4 is 0 Å². The first-order valence-corrected chi connectivity index (χ1v) is 6.41. The quantitative estimate of drug-likeness (QED) is 0.815. The lowest BCUT2D eigenvalue weighted by molar-refractivity contribution is 0.354. The van der Waals surface area contributed by atoms with Gasteiger partial charge in [-0.15, -0.1) is 0 Å². The van der Waals surface area contributed by atoms with Gasteiger partial charge >= 0.3 is 0 Å². The zero-order chi connectivity index (χ0) is 13.0. The van der Waals surface area contributed by atoms with E-state index in [1.807, 2.05) is 18.2 Å². The van der Waals surface area contributed by atoms with Crippen molar-refractivity contribution in [2.75, 3.05) is 14.2 Å². The summed E-state index contributed by atoms with van der Waals surface area (Å²) >= 11 is 0. The molecule has 0 spiro atoms. The second-order valence-corrected chi connectivity index (χ2v) is 4.77. The van der Waals surface area contributed by atoms with Gasteiger partial charge in [-0.2, -0.15) is 5.26 Å². The first-order valence-electron chi connectivity index (χ1n) is 6.41. The van der Waals surface area contributed by atoms with Crippen LogP contribution in [0.15, 0.2) is 18.2 Å². The minimum atomic E-state index is -0.0210. The van der Waals surface area contributed by atoms with E-state index in [0.717, 1.165) is 18.4 Å². The fourth-order valence-corrected chi connectivity index (χ4v) is 2.79. The van der Waals surface area contributed by atoms with Crippen molar-refractivity contribution < 1.29 is 9.47 Å². The van der Waals surface area contributed by atoms with Crippen LogP contribution in [-0.2, 0) is 0 Å². The van der Waals surface area contributed by atoms with E-state index < -0.39 is 0 Å². The predicted molar refractivity (Wildman–Crippen MR) is 69.9 cm³/mol. The summed E-state index contributed by atoms with van der Waals surface area (Å²) in [6, 6.07) is 8.25. The summed E-state index contributed by atoms with van der Waals surface area (Å²) in [5.41, 5.74) is 1.04. The summed E-state index contributed by atoms with van der Waals surface area (Å²) in [5.74, 6) is 1.89. The Balaban J connectivity index is 2.28. The van der Waals surface area contributed by atoms with Gasteiger partial charge in [0.15, 0.2) is 11.5 Å². The third-order valence-corrected chi connectivity index (χ3v) is 3.78. The third kappa shape index (κ3) is 2.43. The molecule has 1 saturated carbocycles. The smallest absolute Gasteiger partial charge is 0.161 e. The number of methoxy groups -OCH3 is 2. The average molecular weight is 245 g/mol. The van der Waals surface area contributed by atoms with Crippen LogP contribution in [-0.4, -0.2) is 14.2 Å². The van der Waals surface area contributed by atoms with Gasteiger partial charge in [0.25, 0.3) is 0 Å². The molecule has 0 heterocycles.